The minimum Gasteiger partial charge on any atom is -0.333 e. The highest BCUT2D eigenvalue weighted by Crippen LogP contribution is 2.33. The summed E-state index contributed by atoms with van der Waals surface area (Å²) in [5, 5.41) is 4.07. The highest BCUT2D eigenvalue weighted by Gasteiger charge is 2.34. The maximum Gasteiger partial charge on any atom is 0.253 e. The number of hydrogen-bond acceptors (Lipinski definition) is 7. The predicted molar refractivity (Wildman–Crippen MR) is 126 cm³/mol. The number of fused-ring (bicyclic) bond motifs is 1. The van der Waals surface area contributed by atoms with Gasteiger partial charge in [-0.3, -0.25) is 9.78 Å². The Kier molecular flexibility index (Phi) is 5.72. The van der Waals surface area contributed by atoms with E-state index < -0.39 is 10.0 Å². The fourth-order valence-electron chi connectivity index (χ4n) is 3.47. The lowest BCUT2D eigenvalue weighted by atomic mass is 10.3. The molecule has 1 aliphatic rings. The molecule has 0 N–H and O–H groups in total. The van der Waals surface area contributed by atoms with Crippen molar-refractivity contribution < 1.29 is 13.2 Å². The van der Waals surface area contributed by atoms with E-state index in [1.54, 1.807) is 35.4 Å². The summed E-state index contributed by atoms with van der Waals surface area (Å²) in [6.45, 7) is 0.719. The molecule has 5 rings (SSSR count). The molecule has 7 nitrogen and oxygen atoms in total. The SMILES string of the molecule is O=C1CN(S(=O)(=O)c2cc3ccc(Cl)cc3s2)CCN1Cc1nc(-c2ccccn2)cs1. The second-order valence-corrected chi connectivity index (χ2v) is 11.9. The standard InChI is InChI=1S/C21H17ClN4O3S3/c22-15-5-4-14-9-21(31-18(14)10-15)32(28,29)26-8-7-25(20(27)12-26)11-19-24-17(13-30-19)16-3-1-2-6-23-16/h1-6,9-10,13H,7-8,11-12H2. The minimum absolute atomic E-state index is 0.185. The van der Waals surface area contributed by atoms with Crippen molar-refractivity contribution in [2.24, 2.45) is 0 Å². The number of carbonyl (C=O) groups is 1. The molecule has 32 heavy (non-hydrogen) atoms. The average molecular weight is 505 g/mol. The van der Waals surface area contributed by atoms with Crippen LogP contribution in [-0.2, 0) is 21.4 Å². The smallest absolute Gasteiger partial charge is 0.253 e. The van der Waals surface area contributed by atoms with E-state index in [9.17, 15) is 13.2 Å². The summed E-state index contributed by atoms with van der Waals surface area (Å²) < 4.78 is 28.5. The zero-order chi connectivity index (χ0) is 22.3. The van der Waals surface area contributed by atoms with Crippen LogP contribution in [0.15, 0.2) is 58.3 Å². The summed E-state index contributed by atoms with van der Waals surface area (Å²) in [5.74, 6) is -0.237. The number of pyridine rings is 1. The van der Waals surface area contributed by atoms with E-state index in [1.165, 1.54) is 15.6 Å². The van der Waals surface area contributed by atoms with Gasteiger partial charge in [-0.05, 0) is 35.7 Å². The third kappa shape index (κ3) is 4.16. The molecule has 1 fully saturated rings. The van der Waals surface area contributed by atoms with Crippen LogP contribution in [-0.4, -0.2) is 53.1 Å². The topological polar surface area (TPSA) is 83.5 Å². The van der Waals surface area contributed by atoms with Gasteiger partial charge in [0.2, 0.25) is 5.91 Å². The maximum atomic E-state index is 13.1. The molecule has 0 atom stereocenters. The molecule has 0 saturated carbocycles. The number of nitrogens with zero attached hydrogens (tertiary/aromatic N) is 4. The number of rotatable bonds is 5. The molecule has 1 saturated heterocycles. The van der Waals surface area contributed by atoms with Crippen molar-refractivity contribution in [2.45, 2.75) is 10.8 Å². The van der Waals surface area contributed by atoms with Gasteiger partial charge in [-0.15, -0.1) is 22.7 Å². The number of carbonyl (C=O) groups excluding carboxylic acids is 1. The molecular formula is C21H17ClN4O3S3. The molecule has 0 aliphatic carbocycles. The Bertz CT molecular complexity index is 1400. The van der Waals surface area contributed by atoms with Crippen LogP contribution < -0.4 is 0 Å². The van der Waals surface area contributed by atoms with Crippen LogP contribution in [0.5, 0.6) is 0 Å². The van der Waals surface area contributed by atoms with Crippen LogP contribution in [0, 0.1) is 0 Å². The summed E-state index contributed by atoms with van der Waals surface area (Å²) in [4.78, 5) is 23.3. The van der Waals surface area contributed by atoms with E-state index in [4.69, 9.17) is 11.6 Å². The normalized spacial score (nSPS) is 15.5. The molecule has 0 unspecified atom stereocenters. The summed E-state index contributed by atoms with van der Waals surface area (Å²) >= 11 is 8.64. The van der Waals surface area contributed by atoms with Gasteiger partial charge in [-0.25, -0.2) is 13.4 Å². The molecule has 0 spiro atoms. The number of amides is 1. The zero-order valence-corrected chi connectivity index (χ0v) is 19.8. The number of thiophene rings is 1. The van der Waals surface area contributed by atoms with Crippen LogP contribution >= 0.6 is 34.3 Å². The molecule has 4 aromatic rings. The molecule has 1 aromatic carbocycles. The third-order valence-electron chi connectivity index (χ3n) is 5.14. The van der Waals surface area contributed by atoms with Crippen LogP contribution in [0.1, 0.15) is 5.01 Å². The van der Waals surface area contributed by atoms with E-state index in [1.807, 2.05) is 23.6 Å². The lowest BCUT2D eigenvalue weighted by Crippen LogP contribution is -2.51. The van der Waals surface area contributed by atoms with E-state index in [-0.39, 0.29) is 23.2 Å². The summed E-state index contributed by atoms with van der Waals surface area (Å²) in [5.41, 5.74) is 1.55. The Hall–Kier alpha value is -2.37. The van der Waals surface area contributed by atoms with Gasteiger partial charge in [0, 0.05) is 34.4 Å². The van der Waals surface area contributed by atoms with Crippen LogP contribution in [0.4, 0.5) is 0 Å². The first-order valence-electron chi connectivity index (χ1n) is 9.73. The highest BCUT2D eigenvalue weighted by atomic mass is 35.5. The minimum atomic E-state index is -3.76. The van der Waals surface area contributed by atoms with E-state index in [0.717, 1.165) is 37.8 Å². The predicted octanol–water partition coefficient (Wildman–Crippen LogP) is 4.11. The largest absolute Gasteiger partial charge is 0.333 e. The Labute approximate surface area is 198 Å². The first-order chi connectivity index (χ1) is 15.4. The van der Waals surface area contributed by atoms with Gasteiger partial charge in [0.05, 0.1) is 24.5 Å². The molecule has 0 bridgehead atoms. The fourth-order valence-corrected chi connectivity index (χ4v) is 7.49. The molecule has 4 heterocycles. The van der Waals surface area contributed by atoms with Gasteiger partial charge < -0.3 is 4.90 Å². The monoisotopic (exact) mass is 504 g/mol. The summed E-state index contributed by atoms with van der Waals surface area (Å²) in [7, 11) is -3.76. The Morgan fingerprint density at radius 3 is 2.75 bits per heavy atom. The Morgan fingerprint density at radius 1 is 1.09 bits per heavy atom. The summed E-state index contributed by atoms with van der Waals surface area (Å²) in [6.07, 6.45) is 1.71. The maximum absolute atomic E-state index is 13.1. The van der Waals surface area contributed by atoms with E-state index in [0.29, 0.717) is 18.1 Å². The number of halogens is 1. The molecule has 11 heteroatoms. The number of sulfonamides is 1. The van der Waals surface area contributed by atoms with Crippen LogP contribution in [0.3, 0.4) is 0 Å². The third-order valence-corrected chi connectivity index (χ3v) is 9.60. The van der Waals surface area contributed by atoms with Gasteiger partial charge in [0.25, 0.3) is 10.0 Å². The molecule has 0 radical (unpaired) electrons. The van der Waals surface area contributed by atoms with E-state index in [2.05, 4.69) is 9.97 Å². The summed E-state index contributed by atoms with van der Waals surface area (Å²) in [6, 6.07) is 12.5. The van der Waals surface area contributed by atoms with Crippen LogP contribution in [0.2, 0.25) is 5.02 Å². The van der Waals surface area contributed by atoms with Crippen molar-refractivity contribution in [3.8, 4) is 11.4 Å². The number of piperazine rings is 1. The molecular weight excluding hydrogens is 488 g/mol. The Balaban J connectivity index is 1.28. The molecule has 164 valence electrons. The second kappa shape index (κ2) is 8.53. The van der Waals surface area contributed by atoms with Crippen molar-refractivity contribution in [3.63, 3.8) is 0 Å². The number of thiazole rings is 1. The fraction of sp³-hybridized carbons (Fsp3) is 0.190. The van der Waals surface area contributed by atoms with Crippen molar-refractivity contribution in [1.82, 2.24) is 19.2 Å². The van der Waals surface area contributed by atoms with Crippen molar-refractivity contribution in [1.29, 1.82) is 0 Å². The average Bonchev–Trinajstić information content (AvgIpc) is 3.43. The molecule has 3 aromatic heterocycles. The number of benzene rings is 1. The van der Waals surface area contributed by atoms with Gasteiger partial charge in [0.1, 0.15) is 9.22 Å². The molecule has 1 amide bonds. The Morgan fingerprint density at radius 2 is 1.97 bits per heavy atom. The lowest BCUT2D eigenvalue weighted by Gasteiger charge is -2.32. The van der Waals surface area contributed by atoms with E-state index >= 15 is 0 Å². The van der Waals surface area contributed by atoms with Crippen LogP contribution in [0.25, 0.3) is 21.5 Å². The first-order valence-corrected chi connectivity index (χ1v) is 13.2. The first kappa shape index (κ1) is 21.5. The van der Waals surface area contributed by atoms with Gasteiger partial charge in [0.15, 0.2) is 0 Å². The number of hydrogen-bond donors (Lipinski definition) is 0. The van der Waals surface area contributed by atoms with Gasteiger partial charge in [-0.1, -0.05) is 23.7 Å². The van der Waals surface area contributed by atoms with Gasteiger partial charge >= 0.3 is 0 Å². The quantitative estimate of drug-likeness (QED) is 0.408. The van der Waals surface area contributed by atoms with Crippen molar-refractivity contribution in [2.75, 3.05) is 19.6 Å². The van der Waals surface area contributed by atoms with Crippen molar-refractivity contribution in [3.05, 3.63) is 64.1 Å². The lowest BCUT2D eigenvalue weighted by molar-refractivity contribution is -0.134. The number of aromatic nitrogens is 2. The zero-order valence-electron chi connectivity index (χ0n) is 16.6. The molecule has 1 aliphatic heterocycles. The highest BCUT2D eigenvalue weighted by molar-refractivity contribution is 7.91. The second-order valence-electron chi connectivity index (χ2n) is 7.24. The van der Waals surface area contributed by atoms with Crippen molar-refractivity contribution >= 4 is 60.3 Å². The van der Waals surface area contributed by atoms with Gasteiger partial charge in [-0.2, -0.15) is 4.31 Å².